The van der Waals surface area contributed by atoms with Crippen LogP contribution in [0.15, 0.2) is 36.5 Å². The second-order valence-electron chi connectivity index (χ2n) is 18.0. The Morgan fingerprint density at radius 1 is 0.839 bits per heavy atom. The van der Waals surface area contributed by atoms with E-state index in [-0.39, 0.29) is 35.9 Å². The predicted octanol–water partition coefficient (Wildman–Crippen LogP) is 5.88. The molecule has 56 heavy (non-hydrogen) atoms. The molecule has 18 atom stereocenters. The molecule has 2 fully saturated rings. The number of aliphatic hydroxyl groups excluding tert-OH is 4. The molecule has 3 heterocycles. The third-order valence-corrected chi connectivity index (χ3v) is 13.4. The van der Waals surface area contributed by atoms with Crippen LogP contribution in [-0.4, -0.2) is 97.2 Å². The van der Waals surface area contributed by atoms with Crippen LogP contribution in [-0.2, 0) is 28.6 Å². The van der Waals surface area contributed by atoms with Crippen LogP contribution in [0.4, 0.5) is 0 Å². The molecule has 0 saturated carbocycles. The van der Waals surface area contributed by atoms with Gasteiger partial charge < -0.3 is 39.7 Å². The smallest absolute Gasteiger partial charge is 0.330 e. The first-order valence-electron chi connectivity index (χ1n) is 21.2. The first kappa shape index (κ1) is 48.1. The number of allylic oxidation sites excluding steroid dienone is 4. The van der Waals surface area contributed by atoms with Crippen molar-refractivity contribution in [3.8, 4) is 0 Å². The lowest BCUT2D eigenvalue weighted by Crippen LogP contribution is -2.62. The van der Waals surface area contributed by atoms with Crippen molar-refractivity contribution in [2.24, 2.45) is 53.3 Å². The van der Waals surface area contributed by atoms with Crippen LogP contribution >= 0.6 is 0 Å². The molecule has 11 heteroatoms. The van der Waals surface area contributed by atoms with Gasteiger partial charge in [-0.3, -0.25) is 9.59 Å². The quantitative estimate of drug-likeness (QED) is 0.216. The van der Waals surface area contributed by atoms with Crippen LogP contribution in [0.25, 0.3) is 0 Å². The molecule has 3 rings (SSSR count). The number of hydrogen-bond acceptors (Lipinski definition) is 11. The Bertz CT molecular complexity index is 1390. The molecule has 1 spiro atoms. The number of aliphatic hydroxyl groups is 5. The largest absolute Gasteiger partial charge is 0.458 e. The fourth-order valence-corrected chi connectivity index (χ4v) is 9.01. The summed E-state index contributed by atoms with van der Waals surface area (Å²) in [7, 11) is 0. The van der Waals surface area contributed by atoms with Crippen LogP contribution in [0.2, 0.25) is 0 Å². The van der Waals surface area contributed by atoms with Crippen molar-refractivity contribution in [1.29, 1.82) is 0 Å². The predicted molar refractivity (Wildman–Crippen MR) is 215 cm³/mol. The van der Waals surface area contributed by atoms with Crippen molar-refractivity contribution < 1.29 is 54.1 Å². The second-order valence-corrected chi connectivity index (χ2v) is 18.0. The van der Waals surface area contributed by atoms with E-state index in [1.54, 1.807) is 20.8 Å². The maximum Gasteiger partial charge on any atom is 0.330 e. The molecule has 2 bridgehead atoms. The van der Waals surface area contributed by atoms with Crippen LogP contribution in [0, 0.1) is 53.3 Å². The van der Waals surface area contributed by atoms with E-state index in [0.717, 1.165) is 19.3 Å². The van der Waals surface area contributed by atoms with E-state index in [9.17, 15) is 39.9 Å². The van der Waals surface area contributed by atoms with Crippen molar-refractivity contribution in [1.82, 2.24) is 0 Å². The fraction of sp³-hybridized carbons (Fsp3) is 0.800. The highest BCUT2D eigenvalue weighted by molar-refractivity contribution is 5.91. The highest BCUT2D eigenvalue weighted by Gasteiger charge is 2.56. The van der Waals surface area contributed by atoms with Crippen LogP contribution in [0.1, 0.15) is 121 Å². The summed E-state index contributed by atoms with van der Waals surface area (Å²) in [4.78, 5) is 40.5. The fourth-order valence-electron chi connectivity index (χ4n) is 9.01. The number of hydrogen-bond donors (Lipinski definition) is 5. The Balaban J connectivity index is 1.99. The maximum atomic E-state index is 13.5. The standard InChI is InChI=1S/C45H74O11/c1-12-34-17-15-13-14-16-27(4)42(51)44(11,53)43(52)32(9)40(50)31(8)39(49)30(7)38(48)26(3)18-21-37(47)54-41-29(6)35(20-19-34)55-45(33(41)10)23-22-25(2)36(56-45)24-28(5)46/h13-15,17-18,21,25-36,38,40-42,46,48,50-51,53H,12,16,19-20,22-24H2,1-11H3/t25?,26?,27?,28?,29-,30?,31?,32?,33?,34?,35?,36?,38?,40+,41?,42?,44-,45-/m1/s1. The number of rotatable bonds is 3. The molecule has 0 radical (unpaired) electrons. The van der Waals surface area contributed by atoms with Gasteiger partial charge in [-0.05, 0) is 70.1 Å². The van der Waals surface area contributed by atoms with Crippen LogP contribution in [0.5, 0.6) is 0 Å². The first-order chi connectivity index (χ1) is 26.1. The van der Waals surface area contributed by atoms with Gasteiger partial charge >= 0.3 is 5.97 Å². The molecule has 0 aromatic carbocycles. The van der Waals surface area contributed by atoms with E-state index in [2.05, 4.69) is 19.9 Å². The molecule has 0 aliphatic carbocycles. The zero-order chi connectivity index (χ0) is 42.3. The summed E-state index contributed by atoms with van der Waals surface area (Å²) >= 11 is 0. The zero-order valence-electron chi connectivity index (χ0n) is 35.8. The average Bonchev–Trinajstić information content (AvgIpc) is 3.16. The number of fused-ring (bicyclic) bond motifs is 2. The van der Waals surface area contributed by atoms with Gasteiger partial charge in [0.05, 0.1) is 36.6 Å². The highest BCUT2D eigenvalue weighted by Crippen LogP contribution is 2.49. The van der Waals surface area contributed by atoms with Crippen LogP contribution < -0.4 is 0 Å². The summed E-state index contributed by atoms with van der Waals surface area (Å²) in [6.07, 6.45) is 9.62. The Morgan fingerprint density at radius 3 is 2.11 bits per heavy atom. The molecule has 3 aliphatic heterocycles. The maximum absolute atomic E-state index is 13.5. The second kappa shape index (κ2) is 20.6. The molecule has 0 amide bonds. The van der Waals surface area contributed by atoms with Gasteiger partial charge in [0, 0.05) is 48.0 Å². The normalized spacial score (nSPS) is 45.1. The third kappa shape index (κ3) is 11.5. The molecule has 320 valence electrons. The van der Waals surface area contributed by atoms with Gasteiger partial charge in [0.1, 0.15) is 17.5 Å². The first-order valence-corrected chi connectivity index (χ1v) is 21.2. The van der Waals surface area contributed by atoms with Gasteiger partial charge in [-0.25, -0.2) is 4.79 Å². The zero-order valence-corrected chi connectivity index (χ0v) is 35.8. The van der Waals surface area contributed by atoms with E-state index >= 15 is 0 Å². The third-order valence-electron chi connectivity index (χ3n) is 13.4. The van der Waals surface area contributed by atoms with Crippen molar-refractivity contribution in [2.45, 2.75) is 175 Å². The van der Waals surface area contributed by atoms with Crippen LogP contribution in [0.3, 0.4) is 0 Å². The summed E-state index contributed by atoms with van der Waals surface area (Å²) in [6.45, 7) is 19.1. The van der Waals surface area contributed by atoms with Crippen molar-refractivity contribution >= 4 is 17.5 Å². The summed E-state index contributed by atoms with van der Waals surface area (Å²) in [5.74, 6) is -7.28. The monoisotopic (exact) mass is 791 g/mol. The molecule has 5 N–H and O–H groups in total. The minimum absolute atomic E-state index is 0.168. The Morgan fingerprint density at radius 2 is 1.48 bits per heavy atom. The number of ketones is 2. The SMILES string of the molecule is CCC1C=CC=CCC(C)C(O)[C@@](C)(O)C(=O)C(C)[C@@H](O)C(C)C(=O)C(C)C(O)C(C)C=CC(=O)OC2C(C)[C@]3(CCC(C)C(CC(C)O)O3)OC(CC1)[C@H]2C. The van der Waals surface area contributed by atoms with Crippen molar-refractivity contribution in [3.63, 3.8) is 0 Å². The summed E-state index contributed by atoms with van der Waals surface area (Å²) in [6, 6.07) is 0. The van der Waals surface area contributed by atoms with Gasteiger partial charge in [-0.1, -0.05) is 92.7 Å². The molecule has 11 nitrogen and oxygen atoms in total. The number of Topliss-reactive ketones (excluding diaryl/α,β-unsaturated/α-hetero) is 2. The minimum Gasteiger partial charge on any atom is -0.458 e. The lowest BCUT2D eigenvalue weighted by atomic mass is 9.74. The molecule has 0 aromatic rings. The molecular formula is C45H74O11. The topological polar surface area (TPSA) is 180 Å². The van der Waals surface area contributed by atoms with Gasteiger partial charge in [0.15, 0.2) is 11.6 Å². The molecule has 14 unspecified atom stereocenters. The number of ether oxygens (including phenoxy) is 3. The molecule has 0 aromatic heterocycles. The molecule has 3 aliphatic rings. The van der Waals surface area contributed by atoms with E-state index < -0.39 is 89.0 Å². The summed E-state index contributed by atoms with van der Waals surface area (Å²) in [5.41, 5.74) is -2.18. The number of carbonyl (C=O) groups is 3. The number of carbonyl (C=O) groups excluding carboxylic acids is 3. The molecular weight excluding hydrogens is 716 g/mol. The van der Waals surface area contributed by atoms with Crippen molar-refractivity contribution in [3.05, 3.63) is 36.5 Å². The Kier molecular flexibility index (Phi) is 17.7. The average molecular weight is 791 g/mol. The summed E-state index contributed by atoms with van der Waals surface area (Å²) < 4.78 is 20.0. The summed E-state index contributed by atoms with van der Waals surface area (Å²) in [5, 5.41) is 55.0. The van der Waals surface area contributed by atoms with Gasteiger partial charge in [-0.15, -0.1) is 0 Å². The number of esters is 1. The highest BCUT2D eigenvalue weighted by atomic mass is 16.7. The minimum atomic E-state index is -2.18. The Hall–Kier alpha value is -2.25. The molecule has 2 saturated heterocycles. The lowest BCUT2D eigenvalue weighted by molar-refractivity contribution is -0.371. The van der Waals surface area contributed by atoms with Gasteiger partial charge in [0.2, 0.25) is 0 Å². The van der Waals surface area contributed by atoms with Gasteiger partial charge in [-0.2, -0.15) is 0 Å². The van der Waals surface area contributed by atoms with E-state index in [1.807, 2.05) is 32.1 Å². The van der Waals surface area contributed by atoms with Gasteiger partial charge in [0.25, 0.3) is 0 Å². The van der Waals surface area contributed by atoms with E-state index in [4.69, 9.17) is 14.2 Å². The van der Waals surface area contributed by atoms with E-state index in [1.165, 1.54) is 39.8 Å². The lowest BCUT2D eigenvalue weighted by Gasteiger charge is -2.55. The van der Waals surface area contributed by atoms with E-state index in [0.29, 0.717) is 25.7 Å². The Labute approximate surface area is 336 Å². The van der Waals surface area contributed by atoms with Crippen molar-refractivity contribution in [2.75, 3.05) is 0 Å².